The number of hydrogen-bond acceptors (Lipinski definition) is 3. The summed E-state index contributed by atoms with van der Waals surface area (Å²) in [4.78, 5) is 10.5. The molecule has 94 valence electrons. The van der Waals surface area contributed by atoms with E-state index in [-0.39, 0.29) is 0 Å². The second kappa shape index (κ2) is 5.65. The first-order valence-electron chi connectivity index (χ1n) is 5.50. The minimum absolute atomic E-state index is 0.387. The fourth-order valence-corrected chi connectivity index (χ4v) is 2.29. The molecular formula is C13H13Cl2N3. The first-order valence-corrected chi connectivity index (χ1v) is 6.25. The normalized spacial score (nSPS) is 10.9. The first-order chi connectivity index (χ1) is 8.58. The summed E-state index contributed by atoms with van der Waals surface area (Å²) >= 11 is 12.4. The molecule has 0 amide bonds. The van der Waals surface area contributed by atoms with E-state index < -0.39 is 0 Å². The highest BCUT2D eigenvalue weighted by Gasteiger charge is 2.13. The van der Waals surface area contributed by atoms with Crippen molar-refractivity contribution in [1.29, 1.82) is 0 Å². The summed E-state index contributed by atoms with van der Waals surface area (Å²) in [6.07, 6.45) is 0. The summed E-state index contributed by atoms with van der Waals surface area (Å²) in [6.45, 7) is 0.606. The molecule has 0 radical (unpaired) electrons. The molecule has 0 fully saturated rings. The van der Waals surface area contributed by atoms with Crippen molar-refractivity contribution < 1.29 is 0 Å². The zero-order valence-electron chi connectivity index (χ0n) is 10.2. The molecular weight excluding hydrogens is 269 g/mol. The lowest BCUT2D eigenvalue weighted by Gasteiger charge is -2.11. The van der Waals surface area contributed by atoms with Gasteiger partial charge in [-0.25, -0.2) is 9.97 Å². The molecule has 0 bridgehead atoms. The van der Waals surface area contributed by atoms with Crippen molar-refractivity contribution in [2.24, 2.45) is 0 Å². The van der Waals surface area contributed by atoms with E-state index in [1.165, 1.54) is 0 Å². The molecule has 0 N–H and O–H groups in total. The molecule has 18 heavy (non-hydrogen) atoms. The fraction of sp³-hybridized carbons (Fsp3) is 0.231. The molecule has 0 saturated carbocycles. The van der Waals surface area contributed by atoms with Crippen LogP contribution in [0.3, 0.4) is 0 Å². The van der Waals surface area contributed by atoms with E-state index in [0.717, 1.165) is 5.56 Å². The second-order valence-corrected chi connectivity index (χ2v) is 4.92. The van der Waals surface area contributed by atoms with E-state index in [2.05, 4.69) is 9.97 Å². The van der Waals surface area contributed by atoms with Gasteiger partial charge in [-0.15, -0.1) is 0 Å². The maximum atomic E-state index is 6.20. The van der Waals surface area contributed by atoms with Crippen LogP contribution in [0, 0.1) is 0 Å². The first kappa shape index (κ1) is 13.3. The summed E-state index contributed by atoms with van der Waals surface area (Å²) in [7, 11) is 3.88. The highest BCUT2D eigenvalue weighted by atomic mass is 35.5. The Balaban J connectivity index is 2.45. The highest BCUT2D eigenvalue weighted by molar-refractivity contribution is 6.37. The summed E-state index contributed by atoms with van der Waals surface area (Å²) < 4.78 is 0. The average molecular weight is 282 g/mol. The molecule has 0 spiro atoms. The van der Waals surface area contributed by atoms with E-state index >= 15 is 0 Å². The van der Waals surface area contributed by atoms with Gasteiger partial charge in [-0.3, -0.25) is 0 Å². The standard InChI is InChI=1S/C13H13Cl2N3/c1-18(2)8-10-16-12(14)11(13(15)17-10)9-6-4-3-5-7-9/h3-7H,8H2,1-2H3. The predicted molar refractivity (Wildman–Crippen MR) is 74.9 cm³/mol. The molecule has 3 nitrogen and oxygen atoms in total. The molecule has 0 atom stereocenters. The smallest absolute Gasteiger partial charge is 0.145 e. The Labute approximate surface area is 116 Å². The average Bonchev–Trinajstić information content (AvgIpc) is 2.28. The Bertz CT molecular complexity index is 518. The molecule has 5 heteroatoms. The van der Waals surface area contributed by atoms with Crippen molar-refractivity contribution in [1.82, 2.24) is 14.9 Å². The molecule has 2 rings (SSSR count). The van der Waals surface area contributed by atoms with Crippen LogP contribution in [0.2, 0.25) is 10.3 Å². The SMILES string of the molecule is CN(C)Cc1nc(Cl)c(-c2ccccc2)c(Cl)n1. The molecule has 1 heterocycles. The molecule has 1 aromatic carbocycles. The number of benzene rings is 1. The van der Waals surface area contributed by atoms with E-state index in [0.29, 0.717) is 28.2 Å². The zero-order valence-corrected chi connectivity index (χ0v) is 11.7. The van der Waals surface area contributed by atoms with Gasteiger partial charge in [-0.2, -0.15) is 0 Å². The van der Waals surface area contributed by atoms with Crippen LogP contribution < -0.4 is 0 Å². The van der Waals surface area contributed by atoms with Gasteiger partial charge in [0.2, 0.25) is 0 Å². The second-order valence-electron chi connectivity index (χ2n) is 4.20. The third-order valence-corrected chi connectivity index (χ3v) is 2.93. The molecule has 0 aliphatic carbocycles. The number of aromatic nitrogens is 2. The van der Waals surface area contributed by atoms with Gasteiger partial charge in [0.1, 0.15) is 16.1 Å². The van der Waals surface area contributed by atoms with Crippen molar-refractivity contribution in [3.63, 3.8) is 0 Å². The van der Waals surface area contributed by atoms with E-state index in [1.54, 1.807) is 0 Å². The van der Waals surface area contributed by atoms with Gasteiger partial charge in [0.25, 0.3) is 0 Å². The van der Waals surface area contributed by atoms with Crippen LogP contribution >= 0.6 is 23.2 Å². The van der Waals surface area contributed by atoms with Gasteiger partial charge in [0, 0.05) is 0 Å². The number of hydrogen-bond donors (Lipinski definition) is 0. The lowest BCUT2D eigenvalue weighted by Crippen LogP contribution is -2.13. The third-order valence-electron chi connectivity index (χ3n) is 2.39. The van der Waals surface area contributed by atoms with Crippen molar-refractivity contribution in [3.05, 3.63) is 46.5 Å². The molecule has 0 saturated heterocycles. The lowest BCUT2D eigenvalue weighted by atomic mass is 10.1. The van der Waals surface area contributed by atoms with Crippen molar-refractivity contribution in [3.8, 4) is 11.1 Å². The van der Waals surface area contributed by atoms with Crippen LogP contribution in [-0.4, -0.2) is 29.0 Å². The third kappa shape index (κ3) is 2.99. The van der Waals surface area contributed by atoms with E-state index in [4.69, 9.17) is 23.2 Å². The number of rotatable bonds is 3. The summed E-state index contributed by atoms with van der Waals surface area (Å²) in [5.74, 6) is 0.620. The summed E-state index contributed by atoms with van der Waals surface area (Å²) in [5, 5.41) is 0.774. The monoisotopic (exact) mass is 281 g/mol. The van der Waals surface area contributed by atoms with E-state index in [9.17, 15) is 0 Å². The molecule has 0 unspecified atom stereocenters. The topological polar surface area (TPSA) is 29.0 Å². The molecule has 2 aromatic rings. The summed E-state index contributed by atoms with van der Waals surface area (Å²) in [6, 6.07) is 9.65. The van der Waals surface area contributed by atoms with Gasteiger partial charge < -0.3 is 4.90 Å². The molecule has 0 aliphatic heterocycles. The quantitative estimate of drug-likeness (QED) is 0.807. The Kier molecular flexibility index (Phi) is 4.17. The van der Waals surface area contributed by atoms with Crippen LogP contribution in [0.1, 0.15) is 5.82 Å². The highest BCUT2D eigenvalue weighted by Crippen LogP contribution is 2.32. The Hall–Kier alpha value is -1.16. The van der Waals surface area contributed by atoms with Crippen LogP contribution in [0.4, 0.5) is 0 Å². The minimum Gasteiger partial charge on any atom is -0.302 e. The summed E-state index contributed by atoms with van der Waals surface area (Å²) in [5.41, 5.74) is 1.60. The Morgan fingerprint density at radius 1 is 1.00 bits per heavy atom. The van der Waals surface area contributed by atoms with Gasteiger partial charge in [-0.05, 0) is 19.7 Å². The van der Waals surface area contributed by atoms with Crippen molar-refractivity contribution in [2.75, 3.05) is 14.1 Å². The fourth-order valence-electron chi connectivity index (χ4n) is 1.65. The van der Waals surface area contributed by atoms with Crippen LogP contribution in [-0.2, 0) is 6.54 Å². The number of nitrogens with zero attached hydrogens (tertiary/aromatic N) is 3. The maximum absolute atomic E-state index is 6.20. The predicted octanol–water partition coefficient (Wildman–Crippen LogP) is 3.51. The zero-order chi connectivity index (χ0) is 13.1. The minimum atomic E-state index is 0.387. The van der Waals surface area contributed by atoms with Gasteiger partial charge >= 0.3 is 0 Å². The molecule has 1 aromatic heterocycles. The molecule has 0 aliphatic rings. The van der Waals surface area contributed by atoms with Crippen LogP contribution in [0.15, 0.2) is 30.3 Å². The maximum Gasteiger partial charge on any atom is 0.145 e. The van der Waals surface area contributed by atoms with Crippen molar-refractivity contribution in [2.45, 2.75) is 6.54 Å². The Morgan fingerprint density at radius 2 is 1.56 bits per heavy atom. The van der Waals surface area contributed by atoms with Gasteiger partial charge in [0.05, 0.1) is 12.1 Å². The lowest BCUT2D eigenvalue weighted by molar-refractivity contribution is 0.390. The Morgan fingerprint density at radius 3 is 2.06 bits per heavy atom. The largest absolute Gasteiger partial charge is 0.302 e. The van der Waals surface area contributed by atoms with Crippen molar-refractivity contribution >= 4 is 23.2 Å². The van der Waals surface area contributed by atoms with E-state index in [1.807, 2.05) is 49.3 Å². The van der Waals surface area contributed by atoms with Crippen LogP contribution in [0.25, 0.3) is 11.1 Å². The van der Waals surface area contributed by atoms with Crippen LogP contribution in [0.5, 0.6) is 0 Å². The number of halogens is 2. The van der Waals surface area contributed by atoms with Gasteiger partial charge in [-0.1, -0.05) is 53.5 Å². The van der Waals surface area contributed by atoms with Gasteiger partial charge in [0.15, 0.2) is 0 Å².